The number of hydrogen-bond acceptors (Lipinski definition) is 4. The first-order chi connectivity index (χ1) is 11.1. The van der Waals surface area contributed by atoms with E-state index in [9.17, 15) is 9.59 Å². The molecule has 3 rings (SSSR count). The lowest BCUT2D eigenvalue weighted by molar-refractivity contribution is 0.0906. The zero-order valence-electron chi connectivity index (χ0n) is 13.8. The Balaban J connectivity index is 1.64. The summed E-state index contributed by atoms with van der Waals surface area (Å²) in [5, 5.41) is 7.23. The molecule has 1 N–H and O–H groups in total. The van der Waals surface area contributed by atoms with Crippen LogP contribution in [0.3, 0.4) is 0 Å². The Morgan fingerprint density at radius 1 is 1.43 bits per heavy atom. The van der Waals surface area contributed by atoms with Gasteiger partial charge in [-0.3, -0.25) is 9.59 Å². The summed E-state index contributed by atoms with van der Waals surface area (Å²) in [6, 6.07) is 3.04. The highest BCUT2D eigenvalue weighted by molar-refractivity contribution is 5.92. The molecule has 1 aromatic heterocycles. The Kier molecular flexibility index (Phi) is 4.80. The Hall–Kier alpha value is -1.69. The normalized spacial score (nSPS) is 27.1. The minimum absolute atomic E-state index is 0.152. The molecule has 126 valence electrons. The van der Waals surface area contributed by atoms with Crippen molar-refractivity contribution in [2.24, 2.45) is 17.8 Å². The number of carbonyl (C=O) groups is 1. The van der Waals surface area contributed by atoms with Gasteiger partial charge in [-0.2, -0.15) is 5.10 Å². The van der Waals surface area contributed by atoms with Crippen LogP contribution in [0.4, 0.5) is 0 Å². The highest BCUT2D eigenvalue weighted by Gasteiger charge is 2.42. The molecule has 4 unspecified atom stereocenters. The molecule has 0 saturated heterocycles. The molecule has 6 nitrogen and oxygen atoms in total. The molecule has 0 spiro atoms. The summed E-state index contributed by atoms with van der Waals surface area (Å²) in [4.78, 5) is 24.2. The third-order valence-electron chi connectivity index (χ3n) is 5.40. The molecule has 2 aliphatic carbocycles. The van der Waals surface area contributed by atoms with E-state index in [0.717, 1.165) is 11.8 Å². The fraction of sp³-hybridized carbons (Fsp3) is 0.706. The average molecular weight is 319 g/mol. The van der Waals surface area contributed by atoms with Gasteiger partial charge in [-0.1, -0.05) is 6.42 Å². The van der Waals surface area contributed by atoms with E-state index in [1.807, 2.05) is 0 Å². The first-order valence-corrected chi connectivity index (χ1v) is 8.46. The molecule has 2 saturated carbocycles. The van der Waals surface area contributed by atoms with Crippen LogP contribution < -0.4 is 10.9 Å². The van der Waals surface area contributed by atoms with Crippen molar-refractivity contribution in [3.8, 4) is 0 Å². The number of nitrogens with one attached hydrogen (secondary N) is 1. The second-order valence-corrected chi connectivity index (χ2v) is 6.87. The van der Waals surface area contributed by atoms with Crippen LogP contribution in [0.15, 0.2) is 16.9 Å². The Labute approximate surface area is 136 Å². The predicted octanol–water partition coefficient (Wildman–Crippen LogP) is 1.44. The van der Waals surface area contributed by atoms with Gasteiger partial charge in [0, 0.05) is 19.2 Å². The van der Waals surface area contributed by atoms with Gasteiger partial charge in [0.1, 0.15) is 5.69 Å². The second-order valence-electron chi connectivity index (χ2n) is 6.87. The SMILES string of the molecule is COCCn1nc(C(=O)NC(C)C2CC3CCC2C3)ccc1=O. The van der Waals surface area contributed by atoms with Crippen LogP contribution in [0.5, 0.6) is 0 Å². The van der Waals surface area contributed by atoms with Gasteiger partial charge in [0.25, 0.3) is 11.5 Å². The van der Waals surface area contributed by atoms with Gasteiger partial charge in [0.15, 0.2) is 0 Å². The third kappa shape index (κ3) is 3.47. The van der Waals surface area contributed by atoms with Crippen LogP contribution in [-0.4, -0.2) is 35.4 Å². The minimum atomic E-state index is -0.222. The maximum atomic E-state index is 12.4. The van der Waals surface area contributed by atoms with Crippen LogP contribution in [0.25, 0.3) is 0 Å². The number of nitrogens with zero attached hydrogens (tertiary/aromatic N) is 2. The lowest BCUT2D eigenvalue weighted by Crippen LogP contribution is -2.41. The van der Waals surface area contributed by atoms with Crippen molar-refractivity contribution in [1.82, 2.24) is 15.1 Å². The van der Waals surface area contributed by atoms with E-state index >= 15 is 0 Å². The van der Waals surface area contributed by atoms with Crippen molar-refractivity contribution in [2.75, 3.05) is 13.7 Å². The minimum Gasteiger partial charge on any atom is -0.383 e. The quantitative estimate of drug-likeness (QED) is 0.861. The molecule has 2 aliphatic rings. The van der Waals surface area contributed by atoms with Gasteiger partial charge in [-0.25, -0.2) is 4.68 Å². The standard InChI is InChI=1S/C17H25N3O3/c1-11(14-10-12-3-4-13(14)9-12)18-17(22)15-5-6-16(21)20(19-15)7-8-23-2/h5-6,11-14H,3-4,7-10H2,1-2H3,(H,18,22). The summed E-state index contributed by atoms with van der Waals surface area (Å²) in [6.07, 6.45) is 5.21. The molecule has 2 fully saturated rings. The average Bonchev–Trinajstić information content (AvgIpc) is 3.17. The molecule has 2 bridgehead atoms. The van der Waals surface area contributed by atoms with E-state index in [1.54, 1.807) is 7.11 Å². The zero-order valence-corrected chi connectivity index (χ0v) is 13.8. The molecule has 23 heavy (non-hydrogen) atoms. The number of hydrogen-bond donors (Lipinski definition) is 1. The van der Waals surface area contributed by atoms with Crippen LogP contribution >= 0.6 is 0 Å². The smallest absolute Gasteiger partial charge is 0.271 e. The van der Waals surface area contributed by atoms with E-state index in [-0.39, 0.29) is 23.2 Å². The fourth-order valence-corrected chi connectivity index (χ4v) is 4.20. The molecule has 1 aromatic rings. The van der Waals surface area contributed by atoms with Crippen LogP contribution in [-0.2, 0) is 11.3 Å². The Morgan fingerprint density at radius 3 is 2.91 bits per heavy atom. The monoisotopic (exact) mass is 319 g/mol. The van der Waals surface area contributed by atoms with Gasteiger partial charge in [-0.15, -0.1) is 0 Å². The van der Waals surface area contributed by atoms with Crippen molar-refractivity contribution in [3.63, 3.8) is 0 Å². The molecule has 1 heterocycles. The van der Waals surface area contributed by atoms with Crippen molar-refractivity contribution in [3.05, 3.63) is 28.2 Å². The van der Waals surface area contributed by atoms with Gasteiger partial charge in [0.2, 0.25) is 0 Å². The van der Waals surface area contributed by atoms with Crippen molar-refractivity contribution in [2.45, 2.75) is 45.2 Å². The van der Waals surface area contributed by atoms with E-state index in [0.29, 0.717) is 19.1 Å². The fourth-order valence-electron chi connectivity index (χ4n) is 4.20. The van der Waals surface area contributed by atoms with Gasteiger partial charge in [-0.05, 0) is 50.0 Å². The van der Waals surface area contributed by atoms with Crippen LogP contribution in [0.1, 0.15) is 43.1 Å². The summed E-state index contributed by atoms with van der Waals surface area (Å²) >= 11 is 0. The number of ether oxygens (including phenoxy) is 1. The van der Waals surface area contributed by atoms with E-state index in [2.05, 4.69) is 17.3 Å². The molecule has 6 heteroatoms. The van der Waals surface area contributed by atoms with Crippen molar-refractivity contribution < 1.29 is 9.53 Å². The third-order valence-corrected chi connectivity index (χ3v) is 5.40. The molecule has 0 aromatic carbocycles. The highest BCUT2D eigenvalue weighted by Crippen LogP contribution is 2.49. The second kappa shape index (κ2) is 6.83. The first-order valence-electron chi connectivity index (χ1n) is 8.46. The van der Waals surface area contributed by atoms with E-state index in [1.165, 1.54) is 42.5 Å². The molecule has 1 amide bonds. The first kappa shape index (κ1) is 16.2. The molecule has 4 atom stereocenters. The summed E-state index contributed by atoms with van der Waals surface area (Å²) in [5.74, 6) is 2.00. The number of aromatic nitrogens is 2. The number of rotatable bonds is 6. The van der Waals surface area contributed by atoms with Crippen LogP contribution in [0, 0.1) is 17.8 Å². The maximum Gasteiger partial charge on any atom is 0.271 e. The van der Waals surface area contributed by atoms with E-state index in [4.69, 9.17) is 4.74 Å². The lowest BCUT2D eigenvalue weighted by atomic mass is 9.84. The van der Waals surface area contributed by atoms with Crippen molar-refractivity contribution in [1.29, 1.82) is 0 Å². The summed E-state index contributed by atoms with van der Waals surface area (Å²) < 4.78 is 6.24. The summed E-state index contributed by atoms with van der Waals surface area (Å²) in [6.45, 7) is 2.82. The number of amides is 1. The Morgan fingerprint density at radius 2 is 2.26 bits per heavy atom. The largest absolute Gasteiger partial charge is 0.383 e. The lowest BCUT2D eigenvalue weighted by Gasteiger charge is -2.28. The number of fused-ring (bicyclic) bond motifs is 2. The van der Waals surface area contributed by atoms with E-state index < -0.39 is 0 Å². The van der Waals surface area contributed by atoms with Gasteiger partial charge >= 0.3 is 0 Å². The van der Waals surface area contributed by atoms with Gasteiger partial charge in [0.05, 0.1) is 13.2 Å². The number of methoxy groups -OCH3 is 1. The van der Waals surface area contributed by atoms with Crippen molar-refractivity contribution >= 4 is 5.91 Å². The summed E-state index contributed by atoms with van der Waals surface area (Å²) in [7, 11) is 1.57. The number of carbonyl (C=O) groups excluding carboxylic acids is 1. The van der Waals surface area contributed by atoms with Crippen LogP contribution in [0.2, 0.25) is 0 Å². The molecule has 0 aliphatic heterocycles. The zero-order chi connectivity index (χ0) is 16.4. The molecule has 0 radical (unpaired) electrons. The highest BCUT2D eigenvalue weighted by atomic mass is 16.5. The Bertz CT molecular complexity index is 628. The summed E-state index contributed by atoms with van der Waals surface area (Å²) in [5.41, 5.74) is 0.0652. The molecular formula is C17H25N3O3. The molecular weight excluding hydrogens is 294 g/mol. The topological polar surface area (TPSA) is 73.2 Å². The predicted molar refractivity (Wildman–Crippen MR) is 86.2 cm³/mol. The maximum absolute atomic E-state index is 12.4. The van der Waals surface area contributed by atoms with Gasteiger partial charge < -0.3 is 10.1 Å².